The standard InChI is InChI=1S/C13H18BrNO2/c1-10(11-2-4-12(14)5-3-11)15-8-13-9-16-6-7-17-13/h2-5,10,13,15H,6-9H2,1H3. The van der Waals surface area contributed by atoms with E-state index in [1.54, 1.807) is 0 Å². The Labute approximate surface area is 111 Å². The normalized spacial score (nSPS) is 22.4. The molecular formula is C13H18BrNO2. The first-order valence-electron chi connectivity index (χ1n) is 5.94. The monoisotopic (exact) mass is 299 g/mol. The van der Waals surface area contributed by atoms with E-state index in [2.05, 4.69) is 52.4 Å². The lowest BCUT2D eigenvalue weighted by Crippen LogP contribution is -2.38. The van der Waals surface area contributed by atoms with Crippen molar-refractivity contribution in [3.63, 3.8) is 0 Å². The molecule has 0 aromatic heterocycles. The minimum Gasteiger partial charge on any atom is -0.376 e. The summed E-state index contributed by atoms with van der Waals surface area (Å²) in [6.45, 7) is 5.11. The molecule has 3 nitrogen and oxygen atoms in total. The highest BCUT2D eigenvalue weighted by atomic mass is 79.9. The molecule has 0 radical (unpaired) electrons. The molecule has 4 heteroatoms. The largest absolute Gasteiger partial charge is 0.376 e. The van der Waals surface area contributed by atoms with E-state index in [9.17, 15) is 0 Å². The fraction of sp³-hybridized carbons (Fsp3) is 0.538. The molecule has 1 heterocycles. The van der Waals surface area contributed by atoms with Crippen LogP contribution in [0.3, 0.4) is 0 Å². The lowest BCUT2D eigenvalue weighted by molar-refractivity contribution is -0.0869. The van der Waals surface area contributed by atoms with Crippen LogP contribution in [0.5, 0.6) is 0 Å². The molecule has 2 unspecified atom stereocenters. The highest BCUT2D eigenvalue weighted by molar-refractivity contribution is 9.10. The summed E-state index contributed by atoms with van der Waals surface area (Å²) < 4.78 is 12.1. The van der Waals surface area contributed by atoms with Crippen molar-refractivity contribution >= 4 is 15.9 Å². The van der Waals surface area contributed by atoms with Crippen LogP contribution in [0.1, 0.15) is 18.5 Å². The molecule has 94 valence electrons. The fourth-order valence-electron chi connectivity index (χ4n) is 1.83. The fourth-order valence-corrected chi connectivity index (χ4v) is 2.10. The molecule has 0 aliphatic carbocycles. The van der Waals surface area contributed by atoms with Crippen LogP contribution in [-0.4, -0.2) is 32.5 Å². The molecule has 2 rings (SSSR count). The Morgan fingerprint density at radius 3 is 2.76 bits per heavy atom. The molecule has 1 aromatic rings. The van der Waals surface area contributed by atoms with E-state index in [1.165, 1.54) is 5.56 Å². The molecule has 1 aliphatic rings. The second-order valence-corrected chi connectivity index (χ2v) is 5.16. The second kappa shape index (κ2) is 6.50. The maximum atomic E-state index is 5.59. The van der Waals surface area contributed by atoms with Crippen molar-refractivity contribution in [1.29, 1.82) is 0 Å². The van der Waals surface area contributed by atoms with E-state index < -0.39 is 0 Å². The summed E-state index contributed by atoms with van der Waals surface area (Å²) in [7, 11) is 0. The Kier molecular flexibility index (Phi) is 4.98. The Bertz CT molecular complexity index is 336. The molecule has 17 heavy (non-hydrogen) atoms. The zero-order valence-corrected chi connectivity index (χ0v) is 11.6. The number of nitrogens with one attached hydrogen (secondary N) is 1. The van der Waals surface area contributed by atoms with Gasteiger partial charge in [0.05, 0.1) is 25.9 Å². The maximum Gasteiger partial charge on any atom is 0.0933 e. The van der Waals surface area contributed by atoms with Gasteiger partial charge in [-0.25, -0.2) is 0 Å². The van der Waals surface area contributed by atoms with Crippen LogP contribution in [0, 0.1) is 0 Å². The van der Waals surface area contributed by atoms with Gasteiger partial charge < -0.3 is 14.8 Å². The minimum atomic E-state index is 0.182. The van der Waals surface area contributed by atoms with Crippen LogP contribution in [0.25, 0.3) is 0 Å². The van der Waals surface area contributed by atoms with Crippen molar-refractivity contribution in [2.45, 2.75) is 19.1 Å². The van der Waals surface area contributed by atoms with E-state index in [0.29, 0.717) is 19.3 Å². The molecule has 1 fully saturated rings. The third-order valence-electron chi connectivity index (χ3n) is 2.91. The molecule has 1 N–H and O–H groups in total. The summed E-state index contributed by atoms with van der Waals surface area (Å²) in [6.07, 6.45) is 0.182. The number of benzene rings is 1. The van der Waals surface area contributed by atoms with Crippen molar-refractivity contribution < 1.29 is 9.47 Å². The lowest BCUT2D eigenvalue weighted by Gasteiger charge is -2.25. The van der Waals surface area contributed by atoms with Gasteiger partial charge in [-0.2, -0.15) is 0 Å². The summed E-state index contributed by atoms with van der Waals surface area (Å²) in [4.78, 5) is 0. The molecule has 0 bridgehead atoms. The predicted octanol–water partition coefficient (Wildman–Crippen LogP) is 2.52. The van der Waals surface area contributed by atoms with E-state index in [0.717, 1.165) is 17.6 Å². The van der Waals surface area contributed by atoms with Crippen LogP contribution in [0.15, 0.2) is 28.7 Å². The third kappa shape index (κ3) is 4.07. The van der Waals surface area contributed by atoms with Gasteiger partial charge in [-0.3, -0.25) is 0 Å². The summed E-state index contributed by atoms with van der Waals surface area (Å²) in [5.41, 5.74) is 1.28. The molecule has 1 aliphatic heterocycles. The van der Waals surface area contributed by atoms with Crippen molar-refractivity contribution in [1.82, 2.24) is 5.32 Å². The van der Waals surface area contributed by atoms with Crippen LogP contribution < -0.4 is 5.32 Å². The van der Waals surface area contributed by atoms with Gasteiger partial charge in [0.25, 0.3) is 0 Å². The average molecular weight is 300 g/mol. The van der Waals surface area contributed by atoms with E-state index in [1.807, 2.05) is 0 Å². The van der Waals surface area contributed by atoms with Gasteiger partial charge in [0.2, 0.25) is 0 Å². The smallest absolute Gasteiger partial charge is 0.0933 e. The zero-order chi connectivity index (χ0) is 12.1. The number of rotatable bonds is 4. The number of ether oxygens (including phenoxy) is 2. The Morgan fingerprint density at radius 1 is 1.35 bits per heavy atom. The molecule has 2 atom stereocenters. The van der Waals surface area contributed by atoms with Crippen molar-refractivity contribution in [2.75, 3.05) is 26.4 Å². The minimum absolute atomic E-state index is 0.182. The van der Waals surface area contributed by atoms with E-state index in [-0.39, 0.29) is 6.10 Å². The van der Waals surface area contributed by atoms with Crippen molar-refractivity contribution in [2.24, 2.45) is 0 Å². The van der Waals surface area contributed by atoms with E-state index >= 15 is 0 Å². The van der Waals surface area contributed by atoms with E-state index in [4.69, 9.17) is 9.47 Å². The Hall–Kier alpha value is -0.420. The SMILES string of the molecule is CC(NCC1COCCO1)c1ccc(Br)cc1. The molecule has 0 saturated carbocycles. The van der Waals surface area contributed by atoms with Crippen molar-refractivity contribution in [3.8, 4) is 0 Å². The topological polar surface area (TPSA) is 30.5 Å². The molecule has 0 spiro atoms. The van der Waals surface area contributed by atoms with Crippen LogP contribution in [0.4, 0.5) is 0 Å². The van der Waals surface area contributed by atoms with Gasteiger partial charge in [0.15, 0.2) is 0 Å². The van der Waals surface area contributed by atoms with Gasteiger partial charge in [0, 0.05) is 17.1 Å². The lowest BCUT2D eigenvalue weighted by atomic mass is 10.1. The highest BCUT2D eigenvalue weighted by Crippen LogP contribution is 2.16. The first kappa shape index (κ1) is 13.0. The second-order valence-electron chi connectivity index (χ2n) is 4.25. The quantitative estimate of drug-likeness (QED) is 0.927. The highest BCUT2D eigenvalue weighted by Gasteiger charge is 2.15. The number of halogens is 1. The average Bonchev–Trinajstić information content (AvgIpc) is 2.38. The first-order valence-corrected chi connectivity index (χ1v) is 6.73. The number of hydrogen-bond donors (Lipinski definition) is 1. The maximum absolute atomic E-state index is 5.59. The van der Waals surface area contributed by atoms with Crippen LogP contribution >= 0.6 is 15.9 Å². The van der Waals surface area contributed by atoms with Gasteiger partial charge in [0.1, 0.15) is 0 Å². The van der Waals surface area contributed by atoms with Crippen molar-refractivity contribution in [3.05, 3.63) is 34.3 Å². The number of hydrogen-bond acceptors (Lipinski definition) is 3. The van der Waals surface area contributed by atoms with Gasteiger partial charge in [-0.05, 0) is 24.6 Å². The van der Waals surface area contributed by atoms with Crippen LogP contribution in [0.2, 0.25) is 0 Å². The molecule has 1 saturated heterocycles. The van der Waals surface area contributed by atoms with Gasteiger partial charge >= 0.3 is 0 Å². The summed E-state index contributed by atoms with van der Waals surface area (Å²) >= 11 is 3.44. The summed E-state index contributed by atoms with van der Waals surface area (Å²) in [5, 5.41) is 3.47. The summed E-state index contributed by atoms with van der Waals surface area (Å²) in [5.74, 6) is 0. The zero-order valence-electron chi connectivity index (χ0n) is 9.99. The molecule has 0 amide bonds. The Balaban J connectivity index is 1.80. The Morgan fingerprint density at radius 2 is 2.12 bits per heavy atom. The molecular weight excluding hydrogens is 282 g/mol. The third-order valence-corrected chi connectivity index (χ3v) is 3.44. The summed E-state index contributed by atoms with van der Waals surface area (Å²) in [6, 6.07) is 8.70. The predicted molar refractivity (Wildman–Crippen MR) is 71.1 cm³/mol. The van der Waals surface area contributed by atoms with Gasteiger partial charge in [-0.1, -0.05) is 28.1 Å². The molecule has 1 aromatic carbocycles. The van der Waals surface area contributed by atoms with Gasteiger partial charge in [-0.15, -0.1) is 0 Å². The van der Waals surface area contributed by atoms with Crippen LogP contribution in [-0.2, 0) is 9.47 Å². The first-order chi connectivity index (χ1) is 8.25.